The van der Waals surface area contributed by atoms with E-state index >= 15 is 0 Å². The van der Waals surface area contributed by atoms with E-state index in [9.17, 15) is 9.59 Å². The van der Waals surface area contributed by atoms with Crippen LogP contribution in [-0.4, -0.2) is 52.2 Å². The molecule has 0 unspecified atom stereocenters. The number of carboxylic acids is 1. The molecule has 0 aromatic carbocycles. The lowest BCUT2D eigenvalue weighted by atomic mass is 9.96. The summed E-state index contributed by atoms with van der Waals surface area (Å²) in [6, 6.07) is 0. The molecule has 0 bridgehead atoms. The minimum Gasteiger partial charge on any atom is -0.480 e. The third kappa shape index (κ3) is 2.93. The van der Waals surface area contributed by atoms with Crippen LogP contribution >= 0.6 is 11.3 Å². The molecular formula is C12H16N2O4S. The van der Waals surface area contributed by atoms with Crippen LogP contribution < -0.4 is 0 Å². The number of aryl methyl sites for hydroxylation is 2. The number of aliphatic carboxylic acids is 1. The summed E-state index contributed by atoms with van der Waals surface area (Å²) >= 11 is 1.38. The monoisotopic (exact) mass is 284 g/mol. The second-order valence-electron chi connectivity index (χ2n) is 4.94. The lowest BCUT2D eigenvalue weighted by molar-refractivity contribution is -0.159. The Labute approximate surface area is 115 Å². The first-order chi connectivity index (χ1) is 8.81. The zero-order valence-corrected chi connectivity index (χ0v) is 11.9. The number of rotatable bonds is 4. The van der Waals surface area contributed by atoms with E-state index in [4.69, 9.17) is 9.84 Å². The Bertz CT molecular complexity index is 520. The third-order valence-electron chi connectivity index (χ3n) is 2.98. The van der Waals surface area contributed by atoms with Crippen molar-refractivity contribution in [3.05, 3.63) is 15.6 Å². The zero-order valence-electron chi connectivity index (χ0n) is 11.1. The van der Waals surface area contributed by atoms with Gasteiger partial charge in [-0.3, -0.25) is 4.79 Å². The number of nitrogens with zero attached hydrogens (tertiary/aromatic N) is 2. The van der Waals surface area contributed by atoms with E-state index in [2.05, 4.69) is 4.98 Å². The van der Waals surface area contributed by atoms with Gasteiger partial charge >= 0.3 is 5.97 Å². The van der Waals surface area contributed by atoms with E-state index in [0.717, 1.165) is 10.7 Å². The number of carbonyl (C=O) groups is 2. The van der Waals surface area contributed by atoms with Crippen LogP contribution in [0.25, 0.3) is 0 Å². The number of likely N-dealkylation sites (tertiary alicyclic amines) is 1. The normalized spacial score (nSPS) is 17.1. The quantitative estimate of drug-likeness (QED) is 0.894. The Kier molecular flexibility index (Phi) is 3.60. The van der Waals surface area contributed by atoms with Crippen molar-refractivity contribution in [2.75, 3.05) is 19.7 Å². The van der Waals surface area contributed by atoms with Crippen molar-refractivity contribution in [2.24, 2.45) is 0 Å². The second-order valence-corrected chi connectivity index (χ2v) is 6.14. The molecule has 2 heterocycles. The molecule has 7 heteroatoms. The number of thiazole rings is 1. The molecule has 1 amide bonds. The molecule has 1 aromatic heterocycles. The van der Waals surface area contributed by atoms with Gasteiger partial charge in [0.15, 0.2) is 0 Å². The van der Waals surface area contributed by atoms with Gasteiger partial charge in [-0.1, -0.05) is 0 Å². The molecule has 0 spiro atoms. The number of hydrogen-bond acceptors (Lipinski definition) is 5. The van der Waals surface area contributed by atoms with Crippen LogP contribution in [0.2, 0.25) is 0 Å². The topological polar surface area (TPSA) is 79.7 Å². The fourth-order valence-electron chi connectivity index (χ4n) is 2.11. The van der Waals surface area contributed by atoms with Gasteiger partial charge in [0.1, 0.15) is 17.1 Å². The van der Waals surface area contributed by atoms with Crippen LogP contribution in [0.5, 0.6) is 0 Å². The Hall–Kier alpha value is -1.47. The molecule has 1 aliphatic rings. The fraction of sp³-hybridized carbons (Fsp3) is 0.583. The van der Waals surface area contributed by atoms with Gasteiger partial charge in [0.25, 0.3) is 5.91 Å². The molecule has 0 atom stereocenters. The van der Waals surface area contributed by atoms with E-state index in [1.54, 1.807) is 4.90 Å². The third-order valence-corrected chi connectivity index (χ3v) is 4.04. The van der Waals surface area contributed by atoms with Gasteiger partial charge in [-0.15, -0.1) is 11.3 Å². The van der Waals surface area contributed by atoms with Gasteiger partial charge in [-0.2, -0.15) is 0 Å². The molecule has 6 nitrogen and oxygen atoms in total. The van der Waals surface area contributed by atoms with Gasteiger partial charge < -0.3 is 14.7 Å². The molecule has 1 fully saturated rings. The Morgan fingerprint density at radius 1 is 1.47 bits per heavy atom. The molecule has 1 aromatic rings. The average molecular weight is 284 g/mol. The zero-order chi connectivity index (χ0) is 14.2. The molecular weight excluding hydrogens is 268 g/mol. The van der Waals surface area contributed by atoms with Gasteiger partial charge in [-0.25, -0.2) is 9.78 Å². The summed E-state index contributed by atoms with van der Waals surface area (Å²) in [7, 11) is 0. The highest BCUT2D eigenvalue weighted by Crippen LogP contribution is 2.28. The molecule has 1 aliphatic heterocycles. The summed E-state index contributed by atoms with van der Waals surface area (Å²) in [6.45, 7) is 5.98. The number of carboxylic acid groups (broad SMARTS) is 1. The Morgan fingerprint density at radius 2 is 2.11 bits per heavy atom. The van der Waals surface area contributed by atoms with E-state index in [1.165, 1.54) is 11.3 Å². The first-order valence-electron chi connectivity index (χ1n) is 5.90. The standard InChI is InChI=1S/C12H16N2O4S/c1-7-10(19-8(2)13-7)11(17)14-5-12(3,6-14)18-4-9(15)16/h4-6H2,1-3H3,(H,15,16). The van der Waals surface area contributed by atoms with Gasteiger partial charge in [0.2, 0.25) is 0 Å². The molecule has 1 N–H and O–H groups in total. The molecule has 19 heavy (non-hydrogen) atoms. The van der Waals surface area contributed by atoms with Crippen molar-refractivity contribution in [3.8, 4) is 0 Å². The smallest absolute Gasteiger partial charge is 0.329 e. The van der Waals surface area contributed by atoms with Crippen molar-refractivity contribution in [2.45, 2.75) is 26.4 Å². The van der Waals surface area contributed by atoms with E-state index < -0.39 is 11.6 Å². The molecule has 1 saturated heterocycles. The molecule has 0 saturated carbocycles. The van der Waals surface area contributed by atoms with Crippen molar-refractivity contribution in [1.29, 1.82) is 0 Å². The minimum absolute atomic E-state index is 0.0560. The lowest BCUT2D eigenvalue weighted by Crippen LogP contribution is -2.63. The van der Waals surface area contributed by atoms with E-state index in [-0.39, 0.29) is 12.5 Å². The van der Waals surface area contributed by atoms with Crippen LogP contribution in [0.4, 0.5) is 0 Å². The lowest BCUT2D eigenvalue weighted by Gasteiger charge is -2.47. The Balaban J connectivity index is 1.95. The van der Waals surface area contributed by atoms with Gasteiger partial charge in [0.05, 0.1) is 23.8 Å². The van der Waals surface area contributed by atoms with E-state index in [0.29, 0.717) is 18.0 Å². The molecule has 0 radical (unpaired) electrons. The SMILES string of the molecule is Cc1nc(C)c(C(=O)N2CC(C)(OCC(=O)O)C2)s1. The highest BCUT2D eigenvalue weighted by atomic mass is 32.1. The number of carbonyl (C=O) groups excluding carboxylic acids is 1. The van der Waals surface area contributed by atoms with Crippen molar-refractivity contribution < 1.29 is 19.4 Å². The first kappa shape index (κ1) is 14.0. The molecule has 104 valence electrons. The maximum absolute atomic E-state index is 12.2. The van der Waals surface area contributed by atoms with Gasteiger partial charge in [-0.05, 0) is 20.8 Å². The Morgan fingerprint density at radius 3 is 2.58 bits per heavy atom. The number of aromatic nitrogens is 1. The van der Waals surface area contributed by atoms with Crippen LogP contribution in [0.15, 0.2) is 0 Å². The second kappa shape index (κ2) is 4.90. The minimum atomic E-state index is -1.00. The van der Waals surface area contributed by atoms with E-state index in [1.807, 2.05) is 20.8 Å². The molecule has 0 aliphatic carbocycles. The average Bonchev–Trinajstić information content (AvgIpc) is 2.61. The van der Waals surface area contributed by atoms with Crippen molar-refractivity contribution in [1.82, 2.24) is 9.88 Å². The highest BCUT2D eigenvalue weighted by Gasteiger charge is 2.43. The largest absolute Gasteiger partial charge is 0.480 e. The maximum Gasteiger partial charge on any atom is 0.329 e. The summed E-state index contributed by atoms with van der Waals surface area (Å²) in [5.74, 6) is -1.06. The highest BCUT2D eigenvalue weighted by molar-refractivity contribution is 7.13. The van der Waals surface area contributed by atoms with Crippen molar-refractivity contribution in [3.63, 3.8) is 0 Å². The fourth-order valence-corrected chi connectivity index (χ4v) is 2.99. The van der Waals surface area contributed by atoms with Crippen LogP contribution in [0.1, 0.15) is 27.3 Å². The van der Waals surface area contributed by atoms with Crippen LogP contribution in [0, 0.1) is 13.8 Å². The van der Waals surface area contributed by atoms with Gasteiger partial charge in [0, 0.05) is 0 Å². The maximum atomic E-state index is 12.2. The van der Waals surface area contributed by atoms with Crippen LogP contribution in [0.3, 0.4) is 0 Å². The summed E-state index contributed by atoms with van der Waals surface area (Å²) < 4.78 is 5.27. The summed E-state index contributed by atoms with van der Waals surface area (Å²) in [6.07, 6.45) is 0. The number of ether oxygens (including phenoxy) is 1. The van der Waals surface area contributed by atoms with Crippen molar-refractivity contribution >= 4 is 23.2 Å². The number of amides is 1. The van der Waals surface area contributed by atoms with Crippen LogP contribution in [-0.2, 0) is 9.53 Å². The predicted molar refractivity (Wildman–Crippen MR) is 69.5 cm³/mol. The summed E-state index contributed by atoms with van der Waals surface area (Å²) in [5.41, 5.74) is 0.189. The molecule has 2 rings (SSSR count). The number of hydrogen-bond donors (Lipinski definition) is 1. The predicted octanol–water partition coefficient (Wildman–Crippen LogP) is 1.08. The first-order valence-corrected chi connectivity index (χ1v) is 6.71. The summed E-state index contributed by atoms with van der Waals surface area (Å²) in [5, 5.41) is 9.44. The summed E-state index contributed by atoms with van der Waals surface area (Å²) in [4.78, 5) is 29.2.